The number of para-hydroxylation sites is 1. The third-order valence-corrected chi connectivity index (χ3v) is 3.90. The topological polar surface area (TPSA) is 62.2 Å². The van der Waals surface area contributed by atoms with Crippen molar-refractivity contribution in [2.24, 2.45) is 5.92 Å². The van der Waals surface area contributed by atoms with Crippen LogP contribution in [0.2, 0.25) is 0 Å². The Bertz CT molecular complexity index is 529. The Morgan fingerprint density at radius 3 is 2.88 bits per heavy atom. The van der Waals surface area contributed by atoms with Crippen LogP contribution in [-0.2, 0) is 4.79 Å². The SMILES string of the molecule is O=C(O)C(Nc1nc2ccccc2s1)C1CC1. The van der Waals surface area contributed by atoms with Crippen LogP contribution in [0.5, 0.6) is 0 Å². The zero-order valence-electron chi connectivity index (χ0n) is 9.09. The van der Waals surface area contributed by atoms with E-state index in [1.54, 1.807) is 0 Å². The van der Waals surface area contributed by atoms with Gasteiger partial charge in [-0.25, -0.2) is 9.78 Å². The summed E-state index contributed by atoms with van der Waals surface area (Å²) in [6.07, 6.45) is 1.99. The molecule has 3 rings (SSSR count). The predicted molar refractivity (Wildman–Crippen MR) is 67.4 cm³/mol. The fraction of sp³-hybridized carbons (Fsp3) is 0.333. The molecular weight excluding hydrogens is 236 g/mol. The lowest BCUT2D eigenvalue weighted by molar-refractivity contribution is -0.138. The molecule has 1 heterocycles. The fourth-order valence-corrected chi connectivity index (χ4v) is 2.78. The molecule has 1 aliphatic rings. The number of carbonyl (C=O) groups is 1. The molecule has 0 bridgehead atoms. The van der Waals surface area contributed by atoms with Crippen LogP contribution in [0.4, 0.5) is 5.13 Å². The molecule has 0 aliphatic heterocycles. The number of aliphatic carboxylic acids is 1. The number of benzene rings is 1. The summed E-state index contributed by atoms with van der Waals surface area (Å²) >= 11 is 1.50. The van der Waals surface area contributed by atoms with Crippen molar-refractivity contribution in [3.8, 4) is 0 Å². The number of thiazole rings is 1. The van der Waals surface area contributed by atoms with Gasteiger partial charge in [-0.3, -0.25) is 0 Å². The van der Waals surface area contributed by atoms with Crippen molar-refractivity contribution in [1.82, 2.24) is 4.98 Å². The van der Waals surface area contributed by atoms with Crippen molar-refractivity contribution in [2.45, 2.75) is 18.9 Å². The molecule has 2 N–H and O–H groups in total. The highest BCUT2D eigenvalue weighted by molar-refractivity contribution is 7.22. The minimum Gasteiger partial charge on any atom is -0.480 e. The number of aromatic nitrogens is 1. The monoisotopic (exact) mass is 248 g/mol. The summed E-state index contributed by atoms with van der Waals surface area (Å²) in [6.45, 7) is 0. The normalized spacial score (nSPS) is 16.9. The maximum Gasteiger partial charge on any atom is 0.326 e. The lowest BCUT2D eigenvalue weighted by Gasteiger charge is -2.11. The number of hydrogen-bond acceptors (Lipinski definition) is 4. The minimum absolute atomic E-state index is 0.263. The number of nitrogens with zero attached hydrogens (tertiary/aromatic N) is 1. The van der Waals surface area contributed by atoms with E-state index in [1.165, 1.54) is 11.3 Å². The summed E-state index contributed by atoms with van der Waals surface area (Å²) in [6, 6.07) is 7.33. The molecule has 17 heavy (non-hydrogen) atoms. The van der Waals surface area contributed by atoms with Crippen molar-refractivity contribution in [1.29, 1.82) is 0 Å². The smallest absolute Gasteiger partial charge is 0.326 e. The molecular formula is C12H12N2O2S. The van der Waals surface area contributed by atoms with Gasteiger partial charge in [0.15, 0.2) is 5.13 Å². The lowest BCUT2D eigenvalue weighted by atomic mass is 10.2. The molecule has 1 atom stereocenters. The average molecular weight is 248 g/mol. The van der Waals surface area contributed by atoms with Crippen LogP contribution < -0.4 is 5.32 Å². The number of fused-ring (bicyclic) bond motifs is 1. The molecule has 0 radical (unpaired) electrons. The highest BCUT2D eigenvalue weighted by Gasteiger charge is 2.36. The maximum absolute atomic E-state index is 11.1. The molecule has 88 valence electrons. The number of carboxylic acids is 1. The Labute approximate surface area is 102 Å². The predicted octanol–water partition coefficient (Wildman–Crippen LogP) is 2.57. The van der Waals surface area contributed by atoms with E-state index in [9.17, 15) is 4.79 Å². The highest BCUT2D eigenvalue weighted by Crippen LogP contribution is 2.35. The van der Waals surface area contributed by atoms with Gasteiger partial charge >= 0.3 is 5.97 Å². The molecule has 0 amide bonds. The molecule has 2 aromatic rings. The lowest BCUT2D eigenvalue weighted by Crippen LogP contribution is -2.31. The van der Waals surface area contributed by atoms with Gasteiger partial charge in [0.1, 0.15) is 6.04 Å². The second-order valence-corrected chi connectivity index (χ2v) is 5.32. The molecule has 1 aromatic heterocycles. The molecule has 0 saturated heterocycles. The summed E-state index contributed by atoms with van der Waals surface area (Å²) in [5.74, 6) is -0.522. The van der Waals surface area contributed by atoms with E-state index in [0.717, 1.165) is 23.1 Å². The molecule has 1 aromatic carbocycles. The Balaban J connectivity index is 1.85. The van der Waals surface area contributed by atoms with Gasteiger partial charge in [0.25, 0.3) is 0 Å². The molecule has 1 fully saturated rings. The number of nitrogens with one attached hydrogen (secondary N) is 1. The first kappa shape index (κ1) is 10.5. The van der Waals surface area contributed by atoms with Gasteiger partial charge in [0.2, 0.25) is 0 Å². The van der Waals surface area contributed by atoms with Crippen LogP contribution in [0, 0.1) is 5.92 Å². The maximum atomic E-state index is 11.1. The van der Waals surface area contributed by atoms with Crippen LogP contribution >= 0.6 is 11.3 Å². The molecule has 1 saturated carbocycles. The van der Waals surface area contributed by atoms with E-state index in [0.29, 0.717) is 5.13 Å². The summed E-state index contributed by atoms with van der Waals surface area (Å²) in [4.78, 5) is 15.5. The number of anilines is 1. The van der Waals surface area contributed by atoms with Crippen molar-refractivity contribution >= 4 is 32.7 Å². The molecule has 1 aliphatic carbocycles. The molecule has 0 spiro atoms. The highest BCUT2D eigenvalue weighted by atomic mass is 32.1. The van der Waals surface area contributed by atoms with Crippen LogP contribution in [0.3, 0.4) is 0 Å². The molecule has 1 unspecified atom stereocenters. The van der Waals surface area contributed by atoms with Gasteiger partial charge < -0.3 is 10.4 Å². The first-order chi connectivity index (χ1) is 8.24. The fourth-order valence-electron chi connectivity index (χ4n) is 1.88. The third kappa shape index (κ3) is 2.10. The van der Waals surface area contributed by atoms with E-state index >= 15 is 0 Å². The van der Waals surface area contributed by atoms with Crippen molar-refractivity contribution in [3.05, 3.63) is 24.3 Å². The Hall–Kier alpha value is -1.62. The Morgan fingerprint density at radius 1 is 1.47 bits per heavy atom. The van der Waals surface area contributed by atoms with Crippen LogP contribution in [-0.4, -0.2) is 22.1 Å². The van der Waals surface area contributed by atoms with Crippen molar-refractivity contribution < 1.29 is 9.90 Å². The number of rotatable bonds is 4. The van der Waals surface area contributed by atoms with Gasteiger partial charge in [-0.2, -0.15) is 0 Å². The first-order valence-electron chi connectivity index (χ1n) is 5.59. The summed E-state index contributed by atoms with van der Waals surface area (Å²) < 4.78 is 1.08. The van der Waals surface area contributed by atoms with E-state index in [2.05, 4.69) is 10.3 Å². The molecule has 5 heteroatoms. The zero-order chi connectivity index (χ0) is 11.8. The third-order valence-electron chi connectivity index (χ3n) is 2.93. The summed E-state index contributed by atoms with van der Waals surface area (Å²) in [7, 11) is 0. The standard InChI is InChI=1S/C12H12N2O2S/c15-11(16)10(7-5-6-7)14-12-13-8-3-1-2-4-9(8)17-12/h1-4,7,10H,5-6H2,(H,13,14)(H,15,16). The van der Waals surface area contributed by atoms with Gasteiger partial charge in [-0.15, -0.1) is 0 Å². The van der Waals surface area contributed by atoms with Crippen LogP contribution in [0.1, 0.15) is 12.8 Å². The van der Waals surface area contributed by atoms with Crippen molar-refractivity contribution in [2.75, 3.05) is 5.32 Å². The van der Waals surface area contributed by atoms with Gasteiger partial charge in [0.05, 0.1) is 10.2 Å². The van der Waals surface area contributed by atoms with E-state index < -0.39 is 12.0 Å². The average Bonchev–Trinajstić information content (AvgIpc) is 3.05. The number of hydrogen-bond donors (Lipinski definition) is 2. The van der Waals surface area contributed by atoms with Gasteiger partial charge in [0, 0.05) is 0 Å². The Morgan fingerprint density at radius 2 is 2.24 bits per heavy atom. The van der Waals surface area contributed by atoms with Gasteiger partial charge in [-0.05, 0) is 30.9 Å². The van der Waals surface area contributed by atoms with E-state index in [4.69, 9.17) is 5.11 Å². The minimum atomic E-state index is -0.785. The largest absolute Gasteiger partial charge is 0.480 e. The zero-order valence-corrected chi connectivity index (χ0v) is 9.91. The second kappa shape index (κ2) is 4.00. The van der Waals surface area contributed by atoms with E-state index in [-0.39, 0.29) is 5.92 Å². The van der Waals surface area contributed by atoms with Crippen molar-refractivity contribution in [3.63, 3.8) is 0 Å². The number of carboxylic acid groups (broad SMARTS) is 1. The van der Waals surface area contributed by atoms with Gasteiger partial charge in [-0.1, -0.05) is 23.5 Å². The van der Waals surface area contributed by atoms with E-state index in [1.807, 2.05) is 24.3 Å². The first-order valence-corrected chi connectivity index (χ1v) is 6.40. The summed E-state index contributed by atoms with van der Waals surface area (Å²) in [5.41, 5.74) is 0.917. The Kier molecular flexibility index (Phi) is 2.48. The second-order valence-electron chi connectivity index (χ2n) is 4.28. The quantitative estimate of drug-likeness (QED) is 0.873. The van der Waals surface area contributed by atoms with Crippen LogP contribution in [0.25, 0.3) is 10.2 Å². The summed E-state index contributed by atoms with van der Waals surface area (Å²) in [5, 5.41) is 12.9. The molecule has 4 nitrogen and oxygen atoms in total. The van der Waals surface area contributed by atoms with Crippen LogP contribution in [0.15, 0.2) is 24.3 Å².